The molecule has 1 N–H and O–H groups in total. The molecule has 212 valence electrons. The van der Waals surface area contributed by atoms with Crippen molar-refractivity contribution in [3.63, 3.8) is 0 Å². The molecule has 1 unspecified atom stereocenters. The van der Waals surface area contributed by atoms with E-state index in [1.54, 1.807) is 42.5 Å². The van der Waals surface area contributed by atoms with Gasteiger partial charge in [-0.1, -0.05) is 48.5 Å². The van der Waals surface area contributed by atoms with E-state index < -0.39 is 23.7 Å². The number of rotatable bonds is 7. The number of aryl methyl sites for hydroxylation is 3. The largest absolute Gasteiger partial charge is 0.507 e. The normalized spacial score (nSPS) is 16.0. The number of nitrogens with zero attached hydrogens (tertiary/aromatic N) is 1. The standard InChI is InChI=1S/C35H31NO6/c1-21-16-22(2)18-28(17-21)36-32(26-10-13-29(14-11-26)42-24(4)37)31(34(39)35(36)40)33(38)27-12-15-30(23(3)19-27)41-20-25-8-6-5-7-9-25/h5-19,32,38H,20H2,1-4H3/b33-31-. The maximum atomic E-state index is 13.6. The average Bonchev–Trinajstić information content (AvgIpc) is 3.22. The highest BCUT2D eigenvalue weighted by molar-refractivity contribution is 6.51. The van der Waals surface area contributed by atoms with Crippen molar-refractivity contribution < 1.29 is 29.0 Å². The molecular weight excluding hydrogens is 530 g/mol. The van der Waals surface area contributed by atoms with E-state index in [9.17, 15) is 19.5 Å². The minimum Gasteiger partial charge on any atom is -0.507 e. The molecule has 1 aliphatic rings. The Balaban J connectivity index is 1.57. The predicted octanol–water partition coefficient (Wildman–Crippen LogP) is 6.74. The topological polar surface area (TPSA) is 93.1 Å². The molecule has 42 heavy (non-hydrogen) atoms. The molecule has 0 saturated carbocycles. The molecule has 1 fully saturated rings. The van der Waals surface area contributed by atoms with E-state index in [2.05, 4.69) is 0 Å². The van der Waals surface area contributed by atoms with Gasteiger partial charge in [0.1, 0.15) is 23.9 Å². The molecule has 1 aliphatic heterocycles. The van der Waals surface area contributed by atoms with Crippen LogP contribution >= 0.6 is 0 Å². The number of benzene rings is 4. The van der Waals surface area contributed by atoms with E-state index in [0.717, 1.165) is 22.3 Å². The first-order valence-electron chi connectivity index (χ1n) is 13.6. The first-order valence-corrected chi connectivity index (χ1v) is 13.6. The molecule has 1 heterocycles. The number of ketones is 1. The van der Waals surface area contributed by atoms with Crippen molar-refractivity contribution in [1.82, 2.24) is 0 Å². The number of hydrogen-bond acceptors (Lipinski definition) is 6. The molecule has 0 bridgehead atoms. The molecule has 1 atom stereocenters. The maximum absolute atomic E-state index is 13.6. The molecule has 4 aromatic rings. The summed E-state index contributed by atoms with van der Waals surface area (Å²) in [7, 11) is 0. The summed E-state index contributed by atoms with van der Waals surface area (Å²) in [5, 5.41) is 11.6. The van der Waals surface area contributed by atoms with Crippen molar-refractivity contribution in [2.45, 2.75) is 40.3 Å². The van der Waals surface area contributed by atoms with Gasteiger partial charge in [-0.15, -0.1) is 0 Å². The number of aliphatic hydroxyl groups is 1. The number of carbonyl (C=O) groups is 3. The summed E-state index contributed by atoms with van der Waals surface area (Å²) in [6.45, 7) is 7.39. The van der Waals surface area contributed by atoms with Crippen molar-refractivity contribution in [1.29, 1.82) is 0 Å². The maximum Gasteiger partial charge on any atom is 0.308 e. The fraction of sp³-hybridized carbons (Fsp3) is 0.171. The fourth-order valence-corrected chi connectivity index (χ4v) is 5.24. The van der Waals surface area contributed by atoms with Crippen LogP contribution in [0.5, 0.6) is 11.5 Å². The van der Waals surface area contributed by atoms with Crippen LogP contribution in [0.4, 0.5) is 5.69 Å². The van der Waals surface area contributed by atoms with Gasteiger partial charge in [-0.05, 0) is 91.1 Å². The minimum absolute atomic E-state index is 0.0308. The number of esters is 1. The Labute approximate surface area is 244 Å². The molecule has 1 saturated heterocycles. The smallest absolute Gasteiger partial charge is 0.308 e. The van der Waals surface area contributed by atoms with Gasteiger partial charge in [-0.2, -0.15) is 0 Å². The molecule has 4 aromatic carbocycles. The number of hydrogen-bond donors (Lipinski definition) is 1. The van der Waals surface area contributed by atoms with Crippen LogP contribution in [0.1, 0.15) is 46.3 Å². The Morgan fingerprint density at radius 2 is 1.52 bits per heavy atom. The van der Waals surface area contributed by atoms with Gasteiger partial charge < -0.3 is 14.6 Å². The molecule has 0 aromatic heterocycles. The number of amides is 1. The lowest BCUT2D eigenvalue weighted by Crippen LogP contribution is -2.29. The number of carbonyl (C=O) groups excluding carboxylic acids is 3. The van der Waals surface area contributed by atoms with Gasteiger partial charge in [0.2, 0.25) is 0 Å². The van der Waals surface area contributed by atoms with Crippen LogP contribution in [0.2, 0.25) is 0 Å². The second-order valence-corrected chi connectivity index (χ2v) is 10.4. The molecule has 1 amide bonds. The van der Waals surface area contributed by atoms with Crippen molar-refractivity contribution >= 4 is 29.1 Å². The van der Waals surface area contributed by atoms with Gasteiger partial charge in [0, 0.05) is 18.2 Å². The highest BCUT2D eigenvalue weighted by Crippen LogP contribution is 2.43. The zero-order valence-electron chi connectivity index (χ0n) is 23.9. The van der Waals surface area contributed by atoms with Gasteiger partial charge in [-0.3, -0.25) is 19.3 Å². The van der Waals surface area contributed by atoms with Crippen LogP contribution < -0.4 is 14.4 Å². The van der Waals surface area contributed by atoms with E-state index in [-0.39, 0.29) is 11.3 Å². The lowest BCUT2D eigenvalue weighted by molar-refractivity contribution is -0.132. The summed E-state index contributed by atoms with van der Waals surface area (Å²) in [5.41, 5.74) is 5.12. The average molecular weight is 562 g/mol. The highest BCUT2D eigenvalue weighted by Gasteiger charge is 2.47. The highest BCUT2D eigenvalue weighted by atomic mass is 16.5. The second kappa shape index (κ2) is 11.7. The minimum atomic E-state index is -0.910. The van der Waals surface area contributed by atoms with Gasteiger partial charge in [0.25, 0.3) is 11.7 Å². The lowest BCUT2D eigenvalue weighted by atomic mass is 9.94. The van der Waals surface area contributed by atoms with Gasteiger partial charge in [0.05, 0.1) is 11.6 Å². The van der Waals surface area contributed by atoms with Crippen LogP contribution in [0, 0.1) is 20.8 Å². The van der Waals surface area contributed by atoms with E-state index in [0.29, 0.717) is 34.9 Å². The van der Waals surface area contributed by atoms with Crippen molar-refractivity contribution in [2.24, 2.45) is 0 Å². The second-order valence-electron chi connectivity index (χ2n) is 10.4. The summed E-state index contributed by atoms with van der Waals surface area (Å²) < 4.78 is 11.2. The lowest BCUT2D eigenvalue weighted by Gasteiger charge is -2.26. The van der Waals surface area contributed by atoms with Crippen LogP contribution in [0.25, 0.3) is 5.76 Å². The summed E-state index contributed by atoms with van der Waals surface area (Å²) in [6.07, 6.45) is 0. The molecule has 0 radical (unpaired) electrons. The van der Waals surface area contributed by atoms with Gasteiger partial charge in [-0.25, -0.2) is 0 Å². The Kier molecular flexibility index (Phi) is 7.93. The fourth-order valence-electron chi connectivity index (χ4n) is 5.24. The molecule has 0 aliphatic carbocycles. The third-order valence-electron chi connectivity index (χ3n) is 7.07. The van der Waals surface area contributed by atoms with E-state index in [1.807, 2.05) is 69.3 Å². The first kappa shape index (κ1) is 28.4. The molecule has 7 heteroatoms. The van der Waals surface area contributed by atoms with E-state index in [1.165, 1.54) is 11.8 Å². The molecule has 0 spiro atoms. The summed E-state index contributed by atoms with van der Waals surface area (Å²) in [6, 6.07) is 26.2. The Morgan fingerprint density at radius 1 is 0.857 bits per heavy atom. The summed E-state index contributed by atoms with van der Waals surface area (Å²) >= 11 is 0. The van der Waals surface area contributed by atoms with Crippen molar-refractivity contribution in [3.8, 4) is 11.5 Å². The zero-order valence-corrected chi connectivity index (χ0v) is 23.9. The number of ether oxygens (including phenoxy) is 2. The van der Waals surface area contributed by atoms with Crippen molar-refractivity contribution in [2.75, 3.05) is 4.90 Å². The number of aliphatic hydroxyl groups excluding tert-OH is 1. The third-order valence-corrected chi connectivity index (χ3v) is 7.07. The Hall–Kier alpha value is -5.17. The van der Waals surface area contributed by atoms with E-state index >= 15 is 0 Å². The SMILES string of the molecule is CC(=O)Oc1ccc(C2/C(=C(/O)c3ccc(OCc4ccccc4)c(C)c3)C(=O)C(=O)N2c2cc(C)cc(C)c2)cc1. The Bertz CT molecular complexity index is 1690. The number of Topliss-reactive ketones (excluding diaryl/α,β-unsaturated/α-hetero) is 1. The first-order chi connectivity index (χ1) is 20.1. The molecular formula is C35H31NO6. The van der Waals surface area contributed by atoms with Gasteiger partial charge in [0.15, 0.2) is 0 Å². The van der Waals surface area contributed by atoms with Crippen LogP contribution in [0.3, 0.4) is 0 Å². The van der Waals surface area contributed by atoms with Crippen LogP contribution in [0.15, 0.2) is 96.6 Å². The molecule has 5 rings (SSSR count). The third kappa shape index (κ3) is 5.81. The Morgan fingerprint density at radius 3 is 2.14 bits per heavy atom. The summed E-state index contributed by atoms with van der Waals surface area (Å²) in [4.78, 5) is 40.0. The number of anilines is 1. The predicted molar refractivity (Wildman–Crippen MR) is 160 cm³/mol. The van der Waals surface area contributed by atoms with Crippen LogP contribution in [-0.4, -0.2) is 22.8 Å². The van der Waals surface area contributed by atoms with E-state index in [4.69, 9.17) is 9.47 Å². The molecule has 7 nitrogen and oxygen atoms in total. The zero-order chi connectivity index (χ0) is 30.0. The quantitative estimate of drug-likeness (QED) is 0.0883. The van der Waals surface area contributed by atoms with Crippen LogP contribution in [-0.2, 0) is 21.0 Å². The van der Waals surface area contributed by atoms with Crippen molar-refractivity contribution in [3.05, 3.63) is 130 Å². The van der Waals surface area contributed by atoms with Gasteiger partial charge >= 0.3 is 5.97 Å². The summed E-state index contributed by atoms with van der Waals surface area (Å²) in [5.74, 6) is -1.31. The monoisotopic (exact) mass is 561 g/mol.